The van der Waals surface area contributed by atoms with E-state index in [0.717, 1.165) is 6.07 Å². The Labute approximate surface area is 78.7 Å². The summed E-state index contributed by atoms with van der Waals surface area (Å²) < 4.78 is 10.5. The van der Waals surface area contributed by atoms with Crippen LogP contribution in [0.15, 0.2) is 18.3 Å². The van der Waals surface area contributed by atoms with Gasteiger partial charge >= 0.3 is 0 Å². The molecule has 0 radical (unpaired) electrons. The molecule has 0 bridgehead atoms. The molecule has 76 valence electrons. The van der Waals surface area contributed by atoms with Gasteiger partial charge in [-0.1, -0.05) is 0 Å². The molecule has 0 saturated heterocycles. The summed E-state index contributed by atoms with van der Waals surface area (Å²) in [6, 6.07) is 2.44. The van der Waals surface area contributed by atoms with Crippen LogP contribution in [-0.2, 0) is 10.7 Å². The van der Waals surface area contributed by atoms with Crippen LogP contribution in [0.3, 0.4) is 0 Å². The van der Waals surface area contributed by atoms with E-state index >= 15 is 0 Å². The highest BCUT2D eigenvalue weighted by molar-refractivity contribution is 7.49. The summed E-state index contributed by atoms with van der Waals surface area (Å²) in [6.45, 7) is 0. The summed E-state index contributed by atoms with van der Waals surface area (Å²) in [6.07, 6.45) is 0.391. The highest BCUT2D eigenvalue weighted by Gasteiger charge is 2.17. The maximum absolute atomic E-state index is 10.5. The van der Waals surface area contributed by atoms with E-state index < -0.39 is 24.4 Å². The second kappa shape index (κ2) is 3.83. The molecule has 0 fully saturated rings. The van der Waals surface area contributed by atoms with Crippen LogP contribution < -0.4 is 4.89 Å². The standard InChI is InChI=1S/C6H7N2O5P/c9-8(10)6-2-1-3-7-5(6)4-14(11,12)13/h1-3H,4H2,(H2,11,12,13)/p-1. The van der Waals surface area contributed by atoms with Crippen molar-refractivity contribution in [2.45, 2.75) is 6.16 Å². The minimum atomic E-state index is -4.57. The lowest BCUT2D eigenvalue weighted by molar-refractivity contribution is -0.385. The van der Waals surface area contributed by atoms with Crippen molar-refractivity contribution in [1.29, 1.82) is 0 Å². The van der Waals surface area contributed by atoms with Crippen molar-refractivity contribution in [3.63, 3.8) is 0 Å². The number of nitrogens with zero attached hydrogens (tertiary/aromatic N) is 2. The third-order valence-electron chi connectivity index (χ3n) is 1.41. The van der Waals surface area contributed by atoms with E-state index in [9.17, 15) is 19.6 Å². The Morgan fingerprint density at radius 2 is 2.29 bits per heavy atom. The first-order chi connectivity index (χ1) is 6.40. The molecule has 14 heavy (non-hydrogen) atoms. The van der Waals surface area contributed by atoms with E-state index in [2.05, 4.69) is 4.98 Å². The molecule has 0 amide bonds. The van der Waals surface area contributed by atoms with E-state index in [1.165, 1.54) is 12.3 Å². The molecule has 7 nitrogen and oxygen atoms in total. The number of aromatic nitrogens is 1. The molecule has 0 aliphatic rings. The van der Waals surface area contributed by atoms with E-state index in [-0.39, 0.29) is 5.69 Å². The molecule has 1 heterocycles. The van der Waals surface area contributed by atoms with Crippen molar-refractivity contribution in [3.05, 3.63) is 34.1 Å². The van der Waals surface area contributed by atoms with Gasteiger partial charge in [-0.15, -0.1) is 0 Å². The fraction of sp³-hybridized carbons (Fsp3) is 0.167. The van der Waals surface area contributed by atoms with Crippen molar-refractivity contribution in [2.24, 2.45) is 0 Å². The minimum Gasteiger partial charge on any atom is -0.778 e. The average molecular weight is 217 g/mol. The monoisotopic (exact) mass is 217 g/mol. The van der Waals surface area contributed by atoms with Gasteiger partial charge in [0.05, 0.1) is 11.1 Å². The number of hydrogen-bond acceptors (Lipinski definition) is 5. The largest absolute Gasteiger partial charge is 0.778 e. The van der Waals surface area contributed by atoms with Crippen molar-refractivity contribution < 1.29 is 19.3 Å². The lowest BCUT2D eigenvalue weighted by Crippen LogP contribution is -2.05. The van der Waals surface area contributed by atoms with Gasteiger partial charge < -0.3 is 14.4 Å². The van der Waals surface area contributed by atoms with Crippen LogP contribution in [0.1, 0.15) is 5.69 Å². The predicted octanol–water partition coefficient (Wildman–Crippen LogP) is 0.0355. The zero-order valence-electron chi connectivity index (χ0n) is 6.86. The molecular formula is C6H6N2O5P-. The minimum absolute atomic E-state index is 0.265. The Hall–Kier alpha value is -1.30. The van der Waals surface area contributed by atoms with E-state index in [1.807, 2.05) is 0 Å². The molecule has 0 spiro atoms. The third kappa shape index (κ3) is 2.88. The Balaban J connectivity index is 3.08. The summed E-state index contributed by atoms with van der Waals surface area (Å²) in [7, 11) is -4.57. The number of pyridine rings is 1. The van der Waals surface area contributed by atoms with Crippen LogP contribution >= 0.6 is 7.60 Å². The molecule has 8 heteroatoms. The SMILES string of the molecule is O=[N+]([O-])c1cccnc1CP(=O)([O-])O. The van der Waals surface area contributed by atoms with Crippen molar-refractivity contribution in [2.75, 3.05) is 0 Å². The van der Waals surface area contributed by atoms with Gasteiger partial charge in [-0.3, -0.25) is 15.1 Å². The second-order valence-corrected chi connectivity index (χ2v) is 4.11. The lowest BCUT2D eigenvalue weighted by Gasteiger charge is -2.14. The Morgan fingerprint density at radius 1 is 1.64 bits per heavy atom. The Morgan fingerprint density at radius 3 is 2.79 bits per heavy atom. The smallest absolute Gasteiger partial charge is 0.291 e. The van der Waals surface area contributed by atoms with Gasteiger partial charge in [-0.2, -0.15) is 0 Å². The molecule has 1 aromatic heterocycles. The molecular weight excluding hydrogens is 211 g/mol. The zero-order chi connectivity index (χ0) is 10.8. The van der Waals surface area contributed by atoms with Crippen LogP contribution in [0.2, 0.25) is 0 Å². The van der Waals surface area contributed by atoms with Crippen molar-refractivity contribution in [1.82, 2.24) is 4.98 Å². The fourth-order valence-corrected chi connectivity index (χ4v) is 1.53. The molecule has 0 aromatic carbocycles. The van der Waals surface area contributed by atoms with Gasteiger partial charge in [0.1, 0.15) is 13.3 Å². The van der Waals surface area contributed by atoms with Crippen LogP contribution in [0.25, 0.3) is 0 Å². The average Bonchev–Trinajstić information content (AvgIpc) is 2.01. The molecule has 1 N–H and O–H groups in total. The number of nitro groups is 1. The molecule has 0 aliphatic carbocycles. The molecule has 1 aromatic rings. The second-order valence-electron chi connectivity index (χ2n) is 2.52. The summed E-state index contributed by atoms with van der Waals surface area (Å²) in [5.74, 6) is 0. The third-order valence-corrected chi connectivity index (χ3v) is 2.11. The lowest BCUT2D eigenvalue weighted by atomic mass is 10.3. The van der Waals surface area contributed by atoms with Crippen molar-refractivity contribution in [3.8, 4) is 0 Å². The summed E-state index contributed by atoms with van der Waals surface area (Å²) in [5, 5.41) is 10.4. The quantitative estimate of drug-likeness (QED) is 0.433. The van der Waals surface area contributed by atoms with Gasteiger partial charge in [-0.25, -0.2) is 0 Å². The van der Waals surface area contributed by atoms with Crippen LogP contribution in [-0.4, -0.2) is 14.8 Å². The normalized spacial score (nSPS) is 14.7. The Bertz CT molecular complexity index is 401. The first-order valence-corrected chi connectivity index (χ1v) is 5.27. The van der Waals surface area contributed by atoms with E-state index in [4.69, 9.17) is 4.89 Å². The highest BCUT2D eigenvalue weighted by atomic mass is 31.2. The van der Waals surface area contributed by atoms with Gasteiger partial charge in [0.2, 0.25) is 0 Å². The number of rotatable bonds is 3. The maximum atomic E-state index is 10.5. The van der Waals surface area contributed by atoms with Crippen LogP contribution in [0.5, 0.6) is 0 Å². The van der Waals surface area contributed by atoms with Crippen molar-refractivity contribution >= 4 is 13.3 Å². The van der Waals surface area contributed by atoms with Crippen LogP contribution in [0, 0.1) is 10.1 Å². The van der Waals surface area contributed by atoms with Gasteiger partial charge in [0.15, 0.2) is 0 Å². The maximum Gasteiger partial charge on any atom is 0.291 e. The molecule has 1 rings (SSSR count). The molecule has 0 aliphatic heterocycles. The van der Waals surface area contributed by atoms with Gasteiger partial charge in [0, 0.05) is 12.3 Å². The van der Waals surface area contributed by atoms with Crippen LogP contribution in [0.4, 0.5) is 5.69 Å². The first-order valence-electron chi connectivity index (χ1n) is 3.51. The summed E-state index contributed by atoms with van der Waals surface area (Å²) in [4.78, 5) is 32.2. The molecule has 1 atom stereocenters. The molecule has 0 saturated carbocycles. The topological polar surface area (TPSA) is 116 Å². The Kier molecular flexibility index (Phi) is 2.95. The van der Waals surface area contributed by atoms with Gasteiger partial charge in [-0.05, 0) is 6.07 Å². The first kappa shape index (κ1) is 10.8. The van der Waals surface area contributed by atoms with Gasteiger partial charge in [0.25, 0.3) is 5.69 Å². The zero-order valence-corrected chi connectivity index (χ0v) is 7.76. The fourth-order valence-electron chi connectivity index (χ4n) is 0.907. The highest BCUT2D eigenvalue weighted by Crippen LogP contribution is 2.36. The summed E-state index contributed by atoms with van der Waals surface area (Å²) in [5.41, 5.74) is -0.684. The number of hydrogen-bond donors (Lipinski definition) is 1. The van der Waals surface area contributed by atoms with E-state index in [1.54, 1.807) is 0 Å². The predicted molar refractivity (Wildman–Crippen MR) is 44.4 cm³/mol. The van der Waals surface area contributed by atoms with E-state index in [0.29, 0.717) is 0 Å². The molecule has 1 unspecified atom stereocenters. The summed E-state index contributed by atoms with van der Waals surface area (Å²) >= 11 is 0.